The number of esters is 1. The lowest BCUT2D eigenvalue weighted by Gasteiger charge is -1.93. The number of hydrogen-bond acceptors (Lipinski definition) is 5. The minimum atomic E-state index is -0.331. The Labute approximate surface area is 96.0 Å². The van der Waals surface area contributed by atoms with Gasteiger partial charge < -0.3 is 9.84 Å². The number of ether oxygens (including phenoxy) is 1. The summed E-state index contributed by atoms with van der Waals surface area (Å²) in [6, 6.07) is 1.74. The fourth-order valence-electron chi connectivity index (χ4n) is 1.48. The number of aryl methyl sites for hydroxylation is 1. The molecular weight excluding hydrogens is 228 g/mol. The van der Waals surface area contributed by atoms with Crippen LogP contribution in [0.4, 0.5) is 0 Å². The van der Waals surface area contributed by atoms with Gasteiger partial charge >= 0.3 is 5.97 Å². The third-order valence-electron chi connectivity index (χ3n) is 2.26. The van der Waals surface area contributed by atoms with Gasteiger partial charge in [0.25, 0.3) is 0 Å². The van der Waals surface area contributed by atoms with Gasteiger partial charge in [0.15, 0.2) is 0 Å². The van der Waals surface area contributed by atoms with Crippen molar-refractivity contribution in [3.63, 3.8) is 0 Å². The van der Waals surface area contributed by atoms with Crippen molar-refractivity contribution in [2.75, 3.05) is 13.7 Å². The van der Waals surface area contributed by atoms with Crippen LogP contribution in [-0.4, -0.2) is 35.0 Å². The van der Waals surface area contributed by atoms with Crippen LogP contribution in [0.2, 0.25) is 0 Å². The van der Waals surface area contributed by atoms with Crippen molar-refractivity contribution in [3.8, 4) is 0 Å². The summed E-state index contributed by atoms with van der Waals surface area (Å²) in [5.41, 5.74) is 1.74. The number of thiophene rings is 1. The first kappa shape index (κ1) is 11.1. The average Bonchev–Trinajstić information content (AvgIpc) is 2.85. The zero-order valence-electron chi connectivity index (χ0n) is 8.82. The van der Waals surface area contributed by atoms with Crippen LogP contribution in [0.25, 0.3) is 10.2 Å². The van der Waals surface area contributed by atoms with E-state index >= 15 is 0 Å². The Bertz CT molecular complexity index is 503. The number of fused-ring (bicyclic) bond motifs is 1. The molecule has 0 saturated heterocycles. The first-order chi connectivity index (χ1) is 7.76. The largest absolute Gasteiger partial charge is 0.465 e. The van der Waals surface area contributed by atoms with Crippen LogP contribution in [0, 0.1) is 0 Å². The standard InChI is InChI=1S/C10H12N2O3S/c1-15-10(14)8-5-7-9(16-8)6(11-12-7)3-2-4-13/h5,13H,2-4H2,1H3,(H,11,12). The zero-order valence-corrected chi connectivity index (χ0v) is 9.63. The number of carbonyl (C=O) groups excluding carboxylic acids is 1. The third-order valence-corrected chi connectivity index (χ3v) is 3.43. The van der Waals surface area contributed by atoms with E-state index in [9.17, 15) is 4.79 Å². The Balaban J connectivity index is 2.31. The molecule has 0 bridgehead atoms. The van der Waals surface area contributed by atoms with E-state index in [1.807, 2.05) is 0 Å². The number of nitrogens with zero attached hydrogens (tertiary/aromatic N) is 1. The molecule has 0 unspecified atom stereocenters. The summed E-state index contributed by atoms with van der Waals surface area (Å²) < 4.78 is 5.62. The summed E-state index contributed by atoms with van der Waals surface area (Å²) in [4.78, 5) is 11.9. The minimum absolute atomic E-state index is 0.142. The molecular formula is C10H12N2O3S. The van der Waals surface area contributed by atoms with Crippen LogP contribution in [0.1, 0.15) is 21.8 Å². The molecule has 2 aromatic heterocycles. The van der Waals surface area contributed by atoms with Gasteiger partial charge in [-0.15, -0.1) is 11.3 Å². The SMILES string of the molecule is COC(=O)c1cc2[nH]nc(CCCO)c2s1. The van der Waals surface area contributed by atoms with E-state index < -0.39 is 0 Å². The second kappa shape index (κ2) is 4.63. The van der Waals surface area contributed by atoms with Gasteiger partial charge in [-0.3, -0.25) is 5.10 Å². The lowest BCUT2D eigenvalue weighted by atomic mass is 10.2. The van der Waals surface area contributed by atoms with Gasteiger partial charge in [0, 0.05) is 6.61 Å². The summed E-state index contributed by atoms with van der Waals surface area (Å²) in [6.07, 6.45) is 1.38. The minimum Gasteiger partial charge on any atom is -0.465 e. The Hall–Kier alpha value is -1.40. The molecule has 2 aromatic rings. The number of aliphatic hydroxyl groups is 1. The Morgan fingerprint density at radius 1 is 1.69 bits per heavy atom. The van der Waals surface area contributed by atoms with E-state index in [2.05, 4.69) is 14.9 Å². The quantitative estimate of drug-likeness (QED) is 0.791. The molecule has 0 aliphatic heterocycles. The molecule has 2 rings (SSSR count). The summed E-state index contributed by atoms with van der Waals surface area (Å²) in [7, 11) is 1.36. The molecule has 86 valence electrons. The first-order valence-corrected chi connectivity index (χ1v) is 5.74. The first-order valence-electron chi connectivity index (χ1n) is 4.92. The number of methoxy groups -OCH3 is 1. The molecule has 2 N–H and O–H groups in total. The lowest BCUT2D eigenvalue weighted by Crippen LogP contribution is -1.97. The maximum absolute atomic E-state index is 11.3. The van der Waals surface area contributed by atoms with Crippen molar-refractivity contribution in [2.24, 2.45) is 0 Å². The van der Waals surface area contributed by atoms with Crippen molar-refractivity contribution < 1.29 is 14.6 Å². The van der Waals surface area contributed by atoms with Crippen molar-refractivity contribution in [2.45, 2.75) is 12.8 Å². The lowest BCUT2D eigenvalue weighted by molar-refractivity contribution is 0.0606. The van der Waals surface area contributed by atoms with Crippen LogP contribution >= 0.6 is 11.3 Å². The molecule has 0 saturated carbocycles. The normalized spacial score (nSPS) is 10.9. The Kier molecular flexibility index (Phi) is 3.21. The van der Waals surface area contributed by atoms with Gasteiger partial charge in [0.1, 0.15) is 4.88 Å². The van der Waals surface area contributed by atoms with Crippen molar-refractivity contribution in [3.05, 3.63) is 16.6 Å². The molecule has 0 fully saturated rings. The molecule has 0 atom stereocenters. The van der Waals surface area contributed by atoms with Crippen LogP contribution in [0.3, 0.4) is 0 Å². The zero-order chi connectivity index (χ0) is 11.5. The summed E-state index contributed by atoms with van der Waals surface area (Å²) in [5.74, 6) is -0.331. The maximum atomic E-state index is 11.3. The van der Waals surface area contributed by atoms with E-state index in [1.165, 1.54) is 18.4 Å². The number of hydrogen-bond donors (Lipinski definition) is 2. The number of rotatable bonds is 4. The predicted octanol–water partition coefficient (Wildman–Crippen LogP) is 1.34. The van der Waals surface area contributed by atoms with Crippen LogP contribution < -0.4 is 0 Å². The Morgan fingerprint density at radius 2 is 2.50 bits per heavy atom. The highest BCUT2D eigenvalue weighted by Gasteiger charge is 2.14. The molecule has 2 heterocycles. The monoisotopic (exact) mass is 240 g/mol. The van der Waals surface area contributed by atoms with Crippen molar-refractivity contribution >= 4 is 27.5 Å². The summed E-state index contributed by atoms with van der Waals surface area (Å²) in [6.45, 7) is 0.142. The number of aromatic amines is 1. The average molecular weight is 240 g/mol. The molecule has 0 spiro atoms. The van der Waals surface area contributed by atoms with Gasteiger partial charge in [0.05, 0.1) is 23.0 Å². The summed E-state index contributed by atoms with van der Waals surface area (Å²) in [5, 5.41) is 15.8. The second-order valence-corrected chi connectivity index (χ2v) is 4.39. The molecule has 0 radical (unpaired) electrons. The number of aliphatic hydroxyl groups excluding tert-OH is 1. The van der Waals surface area contributed by atoms with Crippen LogP contribution in [0.15, 0.2) is 6.07 Å². The molecule has 0 aliphatic rings. The highest BCUT2D eigenvalue weighted by Crippen LogP contribution is 2.27. The smallest absolute Gasteiger partial charge is 0.348 e. The molecule has 16 heavy (non-hydrogen) atoms. The van der Waals surface area contributed by atoms with Crippen molar-refractivity contribution in [1.82, 2.24) is 10.2 Å². The number of H-pyrrole nitrogens is 1. The third kappa shape index (κ3) is 1.94. The fraction of sp³-hybridized carbons (Fsp3) is 0.400. The number of carbonyl (C=O) groups is 1. The molecule has 6 heteroatoms. The van der Waals surface area contributed by atoms with Crippen molar-refractivity contribution in [1.29, 1.82) is 0 Å². The predicted molar refractivity (Wildman–Crippen MR) is 60.7 cm³/mol. The van der Waals surface area contributed by atoms with E-state index in [4.69, 9.17) is 5.11 Å². The fourth-order valence-corrected chi connectivity index (χ4v) is 2.53. The topological polar surface area (TPSA) is 75.2 Å². The molecule has 5 nitrogen and oxygen atoms in total. The highest BCUT2D eigenvalue weighted by molar-refractivity contribution is 7.20. The maximum Gasteiger partial charge on any atom is 0.348 e. The highest BCUT2D eigenvalue weighted by atomic mass is 32.1. The van der Waals surface area contributed by atoms with Crippen LogP contribution in [0.5, 0.6) is 0 Å². The molecule has 0 aliphatic carbocycles. The second-order valence-electron chi connectivity index (χ2n) is 3.34. The number of nitrogens with one attached hydrogen (secondary N) is 1. The van der Waals surface area contributed by atoms with Gasteiger partial charge in [-0.05, 0) is 18.9 Å². The van der Waals surface area contributed by atoms with Crippen LogP contribution in [-0.2, 0) is 11.2 Å². The van der Waals surface area contributed by atoms with E-state index in [0.29, 0.717) is 17.7 Å². The van der Waals surface area contributed by atoms with E-state index in [0.717, 1.165) is 15.9 Å². The van der Waals surface area contributed by atoms with Gasteiger partial charge in [-0.1, -0.05) is 0 Å². The van der Waals surface area contributed by atoms with E-state index in [1.54, 1.807) is 6.07 Å². The Morgan fingerprint density at radius 3 is 3.19 bits per heavy atom. The van der Waals surface area contributed by atoms with E-state index in [-0.39, 0.29) is 12.6 Å². The molecule has 0 aromatic carbocycles. The molecule has 0 amide bonds. The van der Waals surface area contributed by atoms with Gasteiger partial charge in [0.2, 0.25) is 0 Å². The summed E-state index contributed by atoms with van der Waals surface area (Å²) >= 11 is 1.36. The van der Waals surface area contributed by atoms with Gasteiger partial charge in [-0.2, -0.15) is 5.10 Å². The van der Waals surface area contributed by atoms with Gasteiger partial charge in [-0.25, -0.2) is 4.79 Å². The number of aromatic nitrogens is 2.